The van der Waals surface area contributed by atoms with Gasteiger partial charge in [0.25, 0.3) is 0 Å². The minimum Gasteiger partial charge on any atom is -0.507 e. The third-order valence-corrected chi connectivity index (χ3v) is 5.27. The van der Waals surface area contributed by atoms with Crippen LogP contribution < -0.4 is 0 Å². The number of rotatable bonds is 4. The van der Waals surface area contributed by atoms with E-state index < -0.39 is 17.5 Å². The first-order valence-electron chi connectivity index (χ1n) is 9.17. The number of benzene rings is 2. The molecule has 0 aliphatic carbocycles. The molecular formula is C20H20F3N3O2. The number of aromatic hydroxyl groups is 1. The molecular weight excluding hydrogens is 371 g/mol. The number of phenols is 1. The van der Waals surface area contributed by atoms with Gasteiger partial charge in [-0.3, -0.25) is 4.90 Å². The lowest BCUT2D eigenvalue weighted by Crippen LogP contribution is -2.45. The quantitative estimate of drug-likeness (QED) is 0.687. The number of hydrogen-bond acceptors (Lipinski definition) is 5. The fraction of sp³-hybridized carbons (Fsp3) is 0.350. The van der Waals surface area contributed by atoms with E-state index in [1.807, 2.05) is 0 Å². The molecule has 0 spiro atoms. The highest BCUT2D eigenvalue weighted by atomic mass is 19.2. The third-order valence-electron chi connectivity index (χ3n) is 5.27. The van der Waals surface area contributed by atoms with Crippen LogP contribution in [0.4, 0.5) is 13.2 Å². The van der Waals surface area contributed by atoms with Gasteiger partial charge in [-0.25, -0.2) is 13.2 Å². The summed E-state index contributed by atoms with van der Waals surface area (Å²) in [6.07, 6.45) is 0. The van der Waals surface area contributed by atoms with Gasteiger partial charge in [0.1, 0.15) is 11.4 Å². The Kier molecular flexibility index (Phi) is 4.99. The standard InChI is InChI=1S/C20H20F3N3O2/c1-2-25-5-7-26(8-6-25)11-14-17(27)4-3-13-19(24-28-20(13)14)12-9-15(21)18(23)16(22)10-12/h3-4,9-10,27H,2,5-8,11H2,1H3. The molecule has 0 bridgehead atoms. The van der Waals surface area contributed by atoms with E-state index in [0.717, 1.165) is 44.9 Å². The second-order valence-electron chi connectivity index (χ2n) is 6.94. The van der Waals surface area contributed by atoms with Gasteiger partial charge in [-0.2, -0.15) is 0 Å². The van der Waals surface area contributed by atoms with E-state index in [1.54, 1.807) is 6.07 Å². The Morgan fingerprint density at radius 1 is 1.04 bits per heavy atom. The summed E-state index contributed by atoms with van der Waals surface area (Å²) in [4.78, 5) is 4.56. The monoisotopic (exact) mass is 391 g/mol. The number of fused-ring (bicyclic) bond motifs is 1. The van der Waals surface area contributed by atoms with Crippen molar-refractivity contribution in [3.05, 3.63) is 47.3 Å². The molecule has 3 aromatic rings. The Morgan fingerprint density at radius 3 is 2.32 bits per heavy atom. The predicted octanol–water partition coefficient (Wildman–Crippen LogP) is 3.76. The van der Waals surface area contributed by atoms with Gasteiger partial charge in [-0.05, 0) is 30.8 Å². The fourth-order valence-electron chi connectivity index (χ4n) is 3.59. The molecule has 0 unspecified atom stereocenters. The van der Waals surface area contributed by atoms with Crippen LogP contribution in [-0.2, 0) is 6.54 Å². The molecule has 1 saturated heterocycles. The van der Waals surface area contributed by atoms with Gasteiger partial charge >= 0.3 is 0 Å². The summed E-state index contributed by atoms with van der Waals surface area (Å²) < 4.78 is 45.9. The van der Waals surface area contributed by atoms with Crippen LogP contribution >= 0.6 is 0 Å². The van der Waals surface area contributed by atoms with Gasteiger partial charge in [0, 0.05) is 38.3 Å². The molecule has 1 fully saturated rings. The third kappa shape index (κ3) is 3.33. The van der Waals surface area contributed by atoms with Gasteiger partial charge < -0.3 is 14.5 Å². The summed E-state index contributed by atoms with van der Waals surface area (Å²) in [5.41, 5.74) is 1.20. The van der Waals surface area contributed by atoms with Crippen molar-refractivity contribution in [3.8, 4) is 17.0 Å². The zero-order chi connectivity index (χ0) is 19.8. The van der Waals surface area contributed by atoms with Crippen molar-refractivity contribution in [2.24, 2.45) is 0 Å². The first-order chi connectivity index (χ1) is 13.5. The van der Waals surface area contributed by atoms with Crippen LogP contribution in [0.5, 0.6) is 5.75 Å². The SMILES string of the molecule is CCN1CCN(Cc2c(O)ccc3c(-c4cc(F)c(F)c(F)c4)noc23)CC1. The van der Waals surface area contributed by atoms with E-state index in [-0.39, 0.29) is 17.0 Å². The first kappa shape index (κ1) is 18.8. The maximum absolute atomic E-state index is 13.6. The highest BCUT2D eigenvalue weighted by Gasteiger charge is 2.22. The Hall–Kier alpha value is -2.58. The number of phenolic OH excluding ortho intramolecular Hbond substituents is 1. The number of halogens is 3. The van der Waals surface area contributed by atoms with Crippen molar-refractivity contribution in [1.82, 2.24) is 15.0 Å². The molecule has 1 aliphatic heterocycles. The zero-order valence-electron chi connectivity index (χ0n) is 15.4. The molecule has 0 radical (unpaired) electrons. The Morgan fingerprint density at radius 2 is 1.68 bits per heavy atom. The summed E-state index contributed by atoms with van der Waals surface area (Å²) in [5.74, 6) is -4.04. The zero-order valence-corrected chi connectivity index (χ0v) is 15.4. The molecule has 2 aromatic carbocycles. The number of piperazine rings is 1. The normalized spacial score (nSPS) is 16.1. The van der Waals surface area contributed by atoms with Crippen molar-refractivity contribution in [2.75, 3.05) is 32.7 Å². The number of hydrogen-bond donors (Lipinski definition) is 1. The Bertz CT molecular complexity index is 990. The van der Waals surface area contributed by atoms with E-state index >= 15 is 0 Å². The molecule has 8 heteroatoms. The minimum atomic E-state index is -1.53. The summed E-state index contributed by atoms with van der Waals surface area (Å²) in [6, 6.07) is 4.85. The summed E-state index contributed by atoms with van der Waals surface area (Å²) in [6.45, 7) is 7.22. The Labute approximate surface area is 159 Å². The average molecular weight is 391 g/mol. The first-order valence-corrected chi connectivity index (χ1v) is 9.17. The van der Waals surface area contributed by atoms with Crippen LogP contribution in [0.1, 0.15) is 12.5 Å². The van der Waals surface area contributed by atoms with Crippen molar-refractivity contribution in [3.63, 3.8) is 0 Å². The van der Waals surface area contributed by atoms with Crippen LogP contribution in [0.3, 0.4) is 0 Å². The summed E-state index contributed by atoms with van der Waals surface area (Å²) in [7, 11) is 0. The lowest BCUT2D eigenvalue weighted by atomic mass is 10.0. The van der Waals surface area contributed by atoms with Gasteiger partial charge in [0.15, 0.2) is 23.0 Å². The molecule has 0 amide bonds. The van der Waals surface area contributed by atoms with E-state index in [0.29, 0.717) is 23.1 Å². The summed E-state index contributed by atoms with van der Waals surface area (Å²) in [5, 5.41) is 14.8. The fourth-order valence-corrected chi connectivity index (χ4v) is 3.59. The predicted molar refractivity (Wildman–Crippen MR) is 98.4 cm³/mol. The van der Waals surface area contributed by atoms with Crippen molar-refractivity contribution in [1.29, 1.82) is 0 Å². The van der Waals surface area contributed by atoms with Crippen LogP contribution in [-0.4, -0.2) is 52.8 Å². The van der Waals surface area contributed by atoms with Crippen molar-refractivity contribution in [2.45, 2.75) is 13.5 Å². The van der Waals surface area contributed by atoms with Gasteiger partial charge in [0.2, 0.25) is 0 Å². The minimum absolute atomic E-state index is 0.0725. The lowest BCUT2D eigenvalue weighted by Gasteiger charge is -2.34. The Balaban J connectivity index is 1.69. The van der Waals surface area contributed by atoms with Gasteiger partial charge in [-0.15, -0.1) is 0 Å². The van der Waals surface area contributed by atoms with Crippen molar-refractivity contribution < 1.29 is 22.8 Å². The van der Waals surface area contributed by atoms with E-state index in [2.05, 4.69) is 21.9 Å². The highest BCUT2D eigenvalue weighted by Crippen LogP contribution is 2.35. The topological polar surface area (TPSA) is 52.7 Å². The van der Waals surface area contributed by atoms with E-state index in [4.69, 9.17) is 4.52 Å². The molecule has 2 heterocycles. The smallest absolute Gasteiger partial charge is 0.194 e. The number of likely N-dealkylation sites (N-methyl/N-ethyl adjacent to an activating group) is 1. The molecule has 148 valence electrons. The van der Waals surface area contributed by atoms with Crippen LogP contribution in [0.2, 0.25) is 0 Å². The molecule has 0 atom stereocenters. The largest absolute Gasteiger partial charge is 0.507 e. The maximum atomic E-state index is 13.6. The molecule has 1 aliphatic rings. The average Bonchev–Trinajstić information content (AvgIpc) is 3.13. The summed E-state index contributed by atoms with van der Waals surface area (Å²) >= 11 is 0. The van der Waals surface area contributed by atoms with E-state index in [1.165, 1.54) is 6.07 Å². The molecule has 28 heavy (non-hydrogen) atoms. The second kappa shape index (κ2) is 7.44. The highest BCUT2D eigenvalue weighted by molar-refractivity contribution is 5.94. The van der Waals surface area contributed by atoms with Gasteiger partial charge in [-0.1, -0.05) is 12.1 Å². The van der Waals surface area contributed by atoms with E-state index in [9.17, 15) is 18.3 Å². The number of nitrogens with zero attached hydrogens (tertiary/aromatic N) is 3. The molecule has 1 N–H and O–H groups in total. The van der Waals surface area contributed by atoms with Crippen molar-refractivity contribution >= 4 is 11.0 Å². The molecule has 1 aromatic heterocycles. The second-order valence-corrected chi connectivity index (χ2v) is 6.94. The number of aromatic nitrogens is 1. The molecule has 5 nitrogen and oxygen atoms in total. The van der Waals surface area contributed by atoms with Crippen LogP contribution in [0, 0.1) is 17.5 Å². The maximum Gasteiger partial charge on any atom is 0.194 e. The lowest BCUT2D eigenvalue weighted by molar-refractivity contribution is 0.131. The molecule has 0 saturated carbocycles. The van der Waals surface area contributed by atoms with Gasteiger partial charge in [0.05, 0.1) is 10.9 Å². The molecule has 4 rings (SSSR count). The van der Waals surface area contributed by atoms with Crippen LogP contribution in [0.15, 0.2) is 28.8 Å². The van der Waals surface area contributed by atoms with Crippen LogP contribution in [0.25, 0.3) is 22.2 Å².